The normalized spacial score (nSPS) is 16.3. The number of benzene rings is 1. The third-order valence-corrected chi connectivity index (χ3v) is 4.72. The lowest BCUT2D eigenvalue weighted by molar-refractivity contribution is 0.261. The van der Waals surface area contributed by atoms with Crippen molar-refractivity contribution in [2.24, 2.45) is 5.14 Å². The Balaban J connectivity index is 1.93. The summed E-state index contributed by atoms with van der Waals surface area (Å²) in [6.45, 7) is 7.79. The highest BCUT2D eigenvalue weighted by atomic mass is 32.2. The van der Waals surface area contributed by atoms with Crippen molar-refractivity contribution in [1.82, 2.24) is 4.90 Å². The number of rotatable bonds is 6. The van der Waals surface area contributed by atoms with Crippen molar-refractivity contribution in [1.29, 1.82) is 0 Å². The maximum Gasteiger partial charge on any atom is 0.238 e. The van der Waals surface area contributed by atoms with Crippen molar-refractivity contribution in [3.63, 3.8) is 0 Å². The first-order valence-corrected chi connectivity index (χ1v) is 8.92. The van der Waals surface area contributed by atoms with Gasteiger partial charge in [-0.05, 0) is 69.5 Å². The van der Waals surface area contributed by atoms with E-state index < -0.39 is 10.0 Å². The van der Waals surface area contributed by atoms with Gasteiger partial charge >= 0.3 is 0 Å². The van der Waals surface area contributed by atoms with Crippen molar-refractivity contribution in [3.05, 3.63) is 23.3 Å². The van der Waals surface area contributed by atoms with Gasteiger partial charge in [0.15, 0.2) is 0 Å². The molecule has 1 aliphatic rings. The van der Waals surface area contributed by atoms with Gasteiger partial charge in [0.05, 0.1) is 11.5 Å². The lowest BCUT2D eigenvalue weighted by Gasteiger charge is -2.16. The quantitative estimate of drug-likeness (QED) is 0.813. The number of hydrogen-bond donors (Lipinski definition) is 1. The summed E-state index contributed by atoms with van der Waals surface area (Å²) in [5, 5.41) is 5.16. The Morgan fingerprint density at radius 2 is 1.76 bits per heavy atom. The third-order valence-electron chi connectivity index (χ3n) is 3.83. The molecule has 1 heterocycles. The van der Waals surface area contributed by atoms with Crippen LogP contribution in [0.15, 0.2) is 17.0 Å². The van der Waals surface area contributed by atoms with Crippen LogP contribution in [-0.4, -0.2) is 39.6 Å². The van der Waals surface area contributed by atoms with E-state index in [0.29, 0.717) is 6.61 Å². The van der Waals surface area contributed by atoms with Crippen LogP contribution < -0.4 is 9.88 Å². The van der Waals surface area contributed by atoms with Crippen LogP contribution in [0.2, 0.25) is 0 Å². The third kappa shape index (κ3) is 4.43. The van der Waals surface area contributed by atoms with Gasteiger partial charge in [-0.2, -0.15) is 0 Å². The lowest BCUT2D eigenvalue weighted by Crippen LogP contribution is -2.22. The molecule has 0 amide bonds. The topological polar surface area (TPSA) is 72.6 Å². The second-order valence-electron chi connectivity index (χ2n) is 5.68. The average molecular weight is 312 g/mol. The van der Waals surface area contributed by atoms with Crippen LogP contribution in [0.5, 0.6) is 5.75 Å². The monoisotopic (exact) mass is 312 g/mol. The fourth-order valence-electron chi connectivity index (χ4n) is 2.77. The van der Waals surface area contributed by atoms with Crippen molar-refractivity contribution >= 4 is 10.0 Å². The average Bonchev–Trinajstić information content (AvgIpc) is 2.88. The molecule has 118 valence electrons. The van der Waals surface area contributed by atoms with Crippen molar-refractivity contribution in [2.45, 2.75) is 38.0 Å². The molecule has 6 heteroatoms. The molecule has 1 aliphatic heterocycles. The van der Waals surface area contributed by atoms with Gasteiger partial charge in [-0.25, -0.2) is 13.6 Å². The molecule has 0 aromatic heterocycles. The molecule has 1 fully saturated rings. The smallest absolute Gasteiger partial charge is 0.238 e. The number of likely N-dealkylation sites (tertiary alicyclic amines) is 1. The minimum Gasteiger partial charge on any atom is -0.493 e. The maximum atomic E-state index is 11.4. The molecule has 0 atom stereocenters. The molecule has 0 bridgehead atoms. The summed E-state index contributed by atoms with van der Waals surface area (Å²) in [7, 11) is -3.66. The molecular formula is C15H24N2O3S. The Hall–Kier alpha value is -1.11. The highest BCUT2D eigenvalue weighted by Crippen LogP contribution is 2.26. The van der Waals surface area contributed by atoms with E-state index in [4.69, 9.17) is 9.88 Å². The van der Waals surface area contributed by atoms with Gasteiger partial charge in [-0.1, -0.05) is 0 Å². The fourth-order valence-corrected chi connectivity index (χ4v) is 3.45. The minimum atomic E-state index is -3.66. The molecule has 21 heavy (non-hydrogen) atoms. The van der Waals surface area contributed by atoms with Crippen molar-refractivity contribution in [2.75, 3.05) is 26.2 Å². The number of ether oxygens (including phenoxy) is 1. The molecule has 1 aromatic carbocycles. The molecule has 1 saturated heterocycles. The molecule has 2 N–H and O–H groups in total. The molecule has 0 saturated carbocycles. The number of primary sulfonamides is 1. The van der Waals surface area contributed by atoms with Crippen LogP contribution in [0.1, 0.15) is 30.4 Å². The molecule has 0 unspecified atom stereocenters. The van der Waals surface area contributed by atoms with Crippen LogP contribution in [0.3, 0.4) is 0 Å². The zero-order valence-corrected chi connectivity index (χ0v) is 13.6. The zero-order chi connectivity index (χ0) is 15.5. The maximum absolute atomic E-state index is 11.4. The Labute approximate surface area is 127 Å². The number of nitrogens with two attached hydrogens (primary N) is 1. The number of sulfonamides is 1. The summed E-state index contributed by atoms with van der Waals surface area (Å²) in [5.74, 6) is 0.767. The Morgan fingerprint density at radius 1 is 1.19 bits per heavy atom. The van der Waals surface area contributed by atoms with Crippen molar-refractivity contribution < 1.29 is 13.2 Å². The Bertz CT molecular complexity index is 570. The van der Waals surface area contributed by atoms with Gasteiger partial charge in [-0.15, -0.1) is 0 Å². The SMILES string of the molecule is Cc1cc(S(N)(=O)=O)cc(C)c1OCCCN1CCCC1. The van der Waals surface area contributed by atoms with Crippen molar-refractivity contribution in [3.8, 4) is 5.75 Å². The molecule has 2 rings (SSSR count). The predicted octanol–water partition coefficient (Wildman–Crippen LogP) is 1.82. The van der Waals surface area contributed by atoms with Crippen LogP contribution in [-0.2, 0) is 10.0 Å². The summed E-state index contributed by atoms with van der Waals surface area (Å²) >= 11 is 0. The van der Waals surface area contributed by atoms with E-state index in [9.17, 15) is 8.42 Å². The van der Waals surface area contributed by atoms with Crippen LogP contribution in [0.4, 0.5) is 0 Å². The standard InChI is InChI=1S/C15H24N2O3S/c1-12-10-14(21(16,18)19)11-13(2)15(12)20-9-5-8-17-6-3-4-7-17/h10-11H,3-9H2,1-2H3,(H2,16,18,19). The second kappa shape index (κ2) is 6.77. The van der Waals surface area contributed by atoms with E-state index in [1.54, 1.807) is 12.1 Å². The van der Waals surface area contributed by atoms with Crippen LogP contribution in [0, 0.1) is 13.8 Å². The molecular weight excluding hydrogens is 288 g/mol. The Kier molecular flexibility index (Phi) is 5.24. The van der Waals surface area contributed by atoms with E-state index in [1.807, 2.05) is 13.8 Å². The van der Waals surface area contributed by atoms with Gasteiger partial charge in [0.1, 0.15) is 5.75 Å². The minimum absolute atomic E-state index is 0.141. The lowest BCUT2D eigenvalue weighted by atomic mass is 10.1. The first kappa shape index (κ1) is 16.3. The molecule has 0 spiro atoms. The Morgan fingerprint density at radius 3 is 2.29 bits per heavy atom. The molecule has 0 radical (unpaired) electrons. The van der Waals surface area contributed by atoms with Gasteiger partial charge in [0.25, 0.3) is 0 Å². The number of nitrogens with zero attached hydrogens (tertiary/aromatic N) is 1. The van der Waals surface area contributed by atoms with Crippen LogP contribution in [0.25, 0.3) is 0 Å². The summed E-state index contributed by atoms with van der Waals surface area (Å²) in [6.07, 6.45) is 3.58. The van der Waals surface area contributed by atoms with E-state index >= 15 is 0 Å². The van der Waals surface area contributed by atoms with Crippen LogP contribution >= 0.6 is 0 Å². The van der Waals surface area contributed by atoms with E-state index in [-0.39, 0.29) is 4.90 Å². The largest absolute Gasteiger partial charge is 0.493 e. The van der Waals surface area contributed by atoms with Gasteiger partial charge < -0.3 is 9.64 Å². The second-order valence-corrected chi connectivity index (χ2v) is 7.24. The van der Waals surface area contributed by atoms with E-state index in [0.717, 1.165) is 29.8 Å². The summed E-state index contributed by atoms with van der Waals surface area (Å²) in [4.78, 5) is 2.59. The highest BCUT2D eigenvalue weighted by Gasteiger charge is 2.14. The van der Waals surface area contributed by atoms with Gasteiger partial charge in [-0.3, -0.25) is 0 Å². The predicted molar refractivity (Wildman–Crippen MR) is 83.1 cm³/mol. The van der Waals surface area contributed by atoms with Gasteiger partial charge in [0, 0.05) is 6.54 Å². The summed E-state index contributed by atoms with van der Waals surface area (Å²) in [6, 6.07) is 3.14. The molecule has 1 aromatic rings. The summed E-state index contributed by atoms with van der Waals surface area (Å²) < 4.78 is 28.6. The number of aryl methyl sites for hydroxylation is 2. The van der Waals surface area contributed by atoms with E-state index in [1.165, 1.54) is 25.9 Å². The first-order chi connectivity index (χ1) is 9.88. The number of hydrogen-bond acceptors (Lipinski definition) is 4. The molecule has 0 aliphatic carbocycles. The van der Waals surface area contributed by atoms with Gasteiger partial charge in [0.2, 0.25) is 10.0 Å². The first-order valence-electron chi connectivity index (χ1n) is 7.37. The fraction of sp³-hybridized carbons (Fsp3) is 0.600. The highest BCUT2D eigenvalue weighted by molar-refractivity contribution is 7.89. The zero-order valence-electron chi connectivity index (χ0n) is 12.8. The summed E-state index contributed by atoms with van der Waals surface area (Å²) in [5.41, 5.74) is 1.61. The molecule has 5 nitrogen and oxygen atoms in total. The van der Waals surface area contributed by atoms with E-state index in [2.05, 4.69) is 4.90 Å².